The van der Waals surface area contributed by atoms with Crippen LogP contribution in [-0.4, -0.2) is 80.5 Å². The molecule has 1 fully saturated rings. The van der Waals surface area contributed by atoms with Gasteiger partial charge < -0.3 is 24.2 Å². The highest BCUT2D eigenvalue weighted by atomic mass is 35.5. The summed E-state index contributed by atoms with van der Waals surface area (Å²) in [7, 11) is 3.22. The van der Waals surface area contributed by atoms with Crippen LogP contribution >= 0.6 is 11.6 Å². The number of β-amino-alcohol motifs (C(OH)–C–C–N with tert-alkyl or cyclic N) is 1. The number of nitrogens with zero attached hydrogens (tertiary/aromatic N) is 2. The van der Waals surface area contributed by atoms with Gasteiger partial charge in [-0.05, 0) is 35.9 Å². The van der Waals surface area contributed by atoms with Crippen LogP contribution in [-0.2, 0) is 11.3 Å². The Bertz CT molecular complexity index is 856. The summed E-state index contributed by atoms with van der Waals surface area (Å²) in [5.74, 6) is 0.828. The fourth-order valence-electron chi connectivity index (χ4n) is 3.42. The number of amides is 1. The largest absolute Gasteiger partial charge is 0.493 e. The Kier molecular flexibility index (Phi) is 8.54. The minimum Gasteiger partial charge on any atom is -0.493 e. The molecule has 2 aromatic carbocycles. The van der Waals surface area contributed by atoms with Crippen LogP contribution in [0.2, 0.25) is 5.02 Å². The molecule has 1 atom stereocenters. The minimum atomic E-state index is -0.629. The van der Waals surface area contributed by atoms with E-state index in [0.29, 0.717) is 48.5 Å². The van der Waals surface area contributed by atoms with E-state index in [1.807, 2.05) is 24.3 Å². The predicted molar refractivity (Wildman–Crippen MR) is 119 cm³/mol. The second kappa shape index (κ2) is 11.3. The molecular formula is C23H29ClN2O5. The lowest BCUT2D eigenvalue weighted by molar-refractivity contribution is 0.00878. The van der Waals surface area contributed by atoms with Crippen molar-refractivity contribution in [1.82, 2.24) is 9.80 Å². The maximum Gasteiger partial charge on any atom is 0.253 e. The summed E-state index contributed by atoms with van der Waals surface area (Å²) in [6, 6.07) is 12.5. The number of ether oxygens (including phenoxy) is 3. The van der Waals surface area contributed by atoms with E-state index in [4.69, 9.17) is 25.8 Å². The lowest BCUT2D eigenvalue weighted by atomic mass is 10.1. The van der Waals surface area contributed by atoms with E-state index in [9.17, 15) is 9.90 Å². The molecule has 1 saturated heterocycles. The second-order valence-electron chi connectivity index (χ2n) is 7.53. The molecule has 0 saturated carbocycles. The number of carbonyl (C=O) groups is 1. The van der Waals surface area contributed by atoms with Crippen LogP contribution < -0.4 is 9.47 Å². The summed E-state index contributed by atoms with van der Waals surface area (Å²) in [6.45, 7) is 4.05. The predicted octanol–water partition coefficient (Wildman–Crippen LogP) is 2.69. The van der Waals surface area contributed by atoms with Gasteiger partial charge in [-0.1, -0.05) is 23.7 Å². The topological polar surface area (TPSA) is 71.5 Å². The van der Waals surface area contributed by atoms with Gasteiger partial charge in [0.2, 0.25) is 0 Å². The van der Waals surface area contributed by atoms with Crippen LogP contribution in [0, 0.1) is 0 Å². The standard InChI is InChI=1S/C23H29ClN2O5/c1-25(14-20(27)15-26-9-11-30-12-10-26)23(28)18-5-8-21(22(13-18)29-2)31-16-17-3-6-19(24)7-4-17/h3-8,13,20,27H,9-12,14-16H2,1-2H3/t20-/m1/s1. The Morgan fingerprint density at radius 3 is 2.58 bits per heavy atom. The smallest absolute Gasteiger partial charge is 0.253 e. The number of hydrogen-bond acceptors (Lipinski definition) is 6. The van der Waals surface area contributed by atoms with Gasteiger partial charge in [-0.25, -0.2) is 0 Å². The Labute approximate surface area is 188 Å². The molecule has 1 N–H and O–H groups in total. The van der Waals surface area contributed by atoms with Crippen LogP contribution in [0.5, 0.6) is 11.5 Å². The van der Waals surface area contributed by atoms with E-state index in [-0.39, 0.29) is 12.5 Å². The molecule has 168 valence electrons. The van der Waals surface area contributed by atoms with Gasteiger partial charge in [-0.15, -0.1) is 0 Å². The van der Waals surface area contributed by atoms with Crippen LogP contribution in [0.4, 0.5) is 0 Å². The molecule has 8 heteroatoms. The number of carbonyl (C=O) groups excluding carboxylic acids is 1. The molecule has 0 spiro atoms. The van der Waals surface area contributed by atoms with Gasteiger partial charge in [0.15, 0.2) is 11.5 Å². The quantitative estimate of drug-likeness (QED) is 0.636. The molecule has 31 heavy (non-hydrogen) atoms. The molecule has 1 aliphatic rings. The summed E-state index contributed by atoms with van der Waals surface area (Å²) >= 11 is 5.91. The lowest BCUT2D eigenvalue weighted by Crippen LogP contribution is -2.45. The lowest BCUT2D eigenvalue weighted by Gasteiger charge is -2.30. The molecule has 1 aliphatic heterocycles. The van der Waals surface area contributed by atoms with Gasteiger partial charge in [-0.3, -0.25) is 9.69 Å². The number of rotatable bonds is 9. The van der Waals surface area contributed by atoms with Crippen molar-refractivity contribution >= 4 is 17.5 Å². The zero-order valence-corrected chi connectivity index (χ0v) is 18.7. The van der Waals surface area contributed by atoms with Crippen LogP contribution in [0.25, 0.3) is 0 Å². The zero-order chi connectivity index (χ0) is 22.2. The van der Waals surface area contributed by atoms with E-state index in [1.54, 1.807) is 25.2 Å². The van der Waals surface area contributed by atoms with E-state index >= 15 is 0 Å². The third-order valence-corrected chi connectivity index (χ3v) is 5.37. The van der Waals surface area contributed by atoms with Gasteiger partial charge in [0, 0.05) is 43.8 Å². The summed E-state index contributed by atoms with van der Waals surface area (Å²) in [5, 5.41) is 11.0. The number of morpholine rings is 1. The number of aliphatic hydroxyl groups excluding tert-OH is 1. The Morgan fingerprint density at radius 1 is 1.19 bits per heavy atom. The Hall–Kier alpha value is -2.32. The zero-order valence-electron chi connectivity index (χ0n) is 17.9. The van der Waals surface area contributed by atoms with Crippen molar-refractivity contribution in [2.24, 2.45) is 0 Å². The first-order valence-electron chi connectivity index (χ1n) is 10.2. The molecule has 0 bridgehead atoms. The van der Waals surface area contributed by atoms with Crippen molar-refractivity contribution in [1.29, 1.82) is 0 Å². The van der Waals surface area contributed by atoms with Gasteiger partial charge in [0.1, 0.15) is 6.61 Å². The average Bonchev–Trinajstić information content (AvgIpc) is 2.78. The van der Waals surface area contributed by atoms with Crippen molar-refractivity contribution in [3.63, 3.8) is 0 Å². The van der Waals surface area contributed by atoms with E-state index in [1.165, 1.54) is 12.0 Å². The molecule has 0 aromatic heterocycles. The number of halogens is 1. The fourth-order valence-corrected chi connectivity index (χ4v) is 3.55. The number of likely N-dealkylation sites (N-methyl/N-ethyl adjacent to an activating group) is 1. The fraction of sp³-hybridized carbons (Fsp3) is 0.435. The van der Waals surface area contributed by atoms with Crippen molar-refractivity contribution in [2.45, 2.75) is 12.7 Å². The summed E-state index contributed by atoms with van der Waals surface area (Å²) in [5.41, 5.74) is 1.44. The summed E-state index contributed by atoms with van der Waals surface area (Å²) < 4.78 is 16.6. The molecule has 3 rings (SSSR count). The highest BCUT2D eigenvalue weighted by Gasteiger charge is 2.20. The van der Waals surface area contributed by atoms with E-state index in [0.717, 1.165) is 18.7 Å². The number of hydrogen-bond donors (Lipinski definition) is 1. The molecule has 0 radical (unpaired) electrons. The molecular weight excluding hydrogens is 420 g/mol. The minimum absolute atomic E-state index is 0.191. The van der Waals surface area contributed by atoms with Crippen LogP contribution in [0.15, 0.2) is 42.5 Å². The summed E-state index contributed by atoms with van der Waals surface area (Å²) in [4.78, 5) is 16.5. The van der Waals surface area contributed by atoms with E-state index in [2.05, 4.69) is 4.90 Å². The van der Waals surface area contributed by atoms with E-state index < -0.39 is 6.10 Å². The number of aliphatic hydroxyl groups is 1. The highest BCUT2D eigenvalue weighted by molar-refractivity contribution is 6.30. The average molecular weight is 449 g/mol. The number of benzene rings is 2. The van der Waals surface area contributed by atoms with Crippen LogP contribution in [0.1, 0.15) is 15.9 Å². The number of methoxy groups -OCH3 is 1. The Morgan fingerprint density at radius 2 is 1.90 bits per heavy atom. The van der Waals surface area contributed by atoms with Gasteiger partial charge in [-0.2, -0.15) is 0 Å². The van der Waals surface area contributed by atoms with Gasteiger partial charge >= 0.3 is 0 Å². The van der Waals surface area contributed by atoms with Crippen molar-refractivity contribution in [2.75, 3.05) is 53.6 Å². The van der Waals surface area contributed by atoms with Crippen molar-refractivity contribution in [3.8, 4) is 11.5 Å². The maximum atomic E-state index is 12.8. The van der Waals surface area contributed by atoms with Crippen molar-refractivity contribution in [3.05, 3.63) is 58.6 Å². The molecule has 7 nitrogen and oxygen atoms in total. The first-order valence-corrected chi connectivity index (χ1v) is 10.6. The normalized spacial score (nSPS) is 15.4. The first kappa shape index (κ1) is 23.3. The van der Waals surface area contributed by atoms with Crippen LogP contribution in [0.3, 0.4) is 0 Å². The third-order valence-electron chi connectivity index (χ3n) is 5.12. The first-order chi connectivity index (χ1) is 15.0. The maximum absolute atomic E-state index is 12.8. The molecule has 2 aromatic rings. The van der Waals surface area contributed by atoms with Crippen molar-refractivity contribution < 1.29 is 24.1 Å². The molecule has 1 heterocycles. The SMILES string of the molecule is COc1cc(C(=O)N(C)C[C@@H](O)CN2CCOCC2)ccc1OCc1ccc(Cl)cc1. The second-order valence-corrected chi connectivity index (χ2v) is 7.97. The molecule has 1 amide bonds. The van der Waals surface area contributed by atoms with Gasteiger partial charge in [0.25, 0.3) is 5.91 Å². The summed E-state index contributed by atoms with van der Waals surface area (Å²) in [6.07, 6.45) is -0.629. The molecule has 0 aliphatic carbocycles. The molecule has 0 unspecified atom stereocenters. The third kappa shape index (κ3) is 6.83. The highest BCUT2D eigenvalue weighted by Crippen LogP contribution is 2.29. The monoisotopic (exact) mass is 448 g/mol. The van der Waals surface area contributed by atoms with Gasteiger partial charge in [0.05, 0.1) is 26.4 Å². The Balaban J connectivity index is 1.57.